The lowest BCUT2D eigenvalue weighted by Gasteiger charge is -2.11. The second-order valence-electron chi connectivity index (χ2n) is 4.96. The Morgan fingerprint density at radius 3 is 2.80 bits per heavy atom. The molecule has 106 valence electrons. The number of nitrogens with one attached hydrogen (secondary N) is 1. The number of rotatable bonds is 6. The molecule has 20 heavy (non-hydrogen) atoms. The van der Waals surface area contributed by atoms with Gasteiger partial charge in [0.25, 0.3) is 0 Å². The Hall–Kier alpha value is -1.87. The number of nitrogens with zero attached hydrogens (tertiary/aromatic N) is 1. The van der Waals surface area contributed by atoms with E-state index in [1.165, 1.54) is 11.1 Å². The summed E-state index contributed by atoms with van der Waals surface area (Å²) < 4.78 is 5.45. The normalized spacial score (nSPS) is 10.6. The van der Waals surface area contributed by atoms with Crippen LogP contribution in [0.2, 0.25) is 0 Å². The van der Waals surface area contributed by atoms with Gasteiger partial charge in [0.05, 0.1) is 7.11 Å². The van der Waals surface area contributed by atoms with Crippen molar-refractivity contribution in [2.75, 3.05) is 13.7 Å². The highest BCUT2D eigenvalue weighted by molar-refractivity contribution is 5.70. The van der Waals surface area contributed by atoms with Crippen molar-refractivity contribution in [3.8, 4) is 16.9 Å². The van der Waals surface area contributed by atoms with Gasteiger partial charge in [-0.05, 0) is 43.7 Å². The molecule has 1 heterocycles. The van der Waals surface area contributed by atoms with E-state index in [9.17, 15) is 0 Å². The van der Waals surface area contributed by atoms with Crippen LogP contribution in [0, 0.1) is 6.92 Å². The zero-order valence-corrected chi connectivity index (χ0v) is 12.4. The first-order valence-corrected chi connectivity index (χ1v) is 7.04. The van der Waals surface area contributed by atoms with Crippen LogP contribution in [-0.2, 0) is 6.54 Å². The van der Waals surface area contributed by atoms with Crippen molar-refractivity contribution in [2.45, 2.75) is 26.8 Å². The molecular weight excluding hydrogens is 248 g/mol. The number of aromatic nitrogens is 1. The predicted molar refractivity (Wildman–Crippen MR) is 83.0 cm³/mol. The molecule has 2 aromatic rings. The molecule has 0 unspecified atom stereocenters. The number of hydrogen-bond donors (Lipinski definition) is 1. The molecule has 0 fully saturated rings. The molecule has 1 aromatic heterocycles. The second-order valence-corrected chi connectivity index (χ2v) is 4.96. The average Bonchev–Trinajstić information content (AvgIpc) is 2.48. The minimum absolute atomic E-state index is 0.850. The largest absolute Gasteiger partial charge is 0.496 e. The fourth-order valence-corrected chi connectivity index (χ4v) is 2.19. The van der Waals surface area contributed by atoms with Gasteiger partial charge < -0.3 is 10.1 Å². The third kappa shape index (κ3) is 3.58. The lowest BCUT2D eigenvalue weighted by Crippen LogP contribution is -2.13. The molecular formula is C17H22N2O. The van der Waals surface area contributed by atoms with Gasteiger partial charge in [0.15, 0.2) is 0 Å². The summed E-state index contributed by atoms with van der Waals surface area (Å²) in [5, 5.41) is 3.40. The predicted octanol–water partition coefficient (Wildman–Crippen LogP) is 3.57. The summed E-state index contributed by atoms with van der Waals surface area (Å²) in [6.45, 7) is 6.13. The molecule has 2 rings (SSSR count). The minimum Gasteiger partial charge on any atom is -0.496 e. The quantitative estimate of drug-likeness (QED) is 0.815. The lowest BCUT2D eigenvalue weighted by molar-refractivity contribution is 0.416. The summed E-state index contributed by atoms with van der Waals surface area (Å²) >= 11 is 0. The Morgan fingerprint density at radius 2 is 2.05 bits per heavy atom. The third-order valence-electron chi connectivity index (χ3n) is 3.22. The average molecular weight is 270 g/mol. The van der Waals surface area contributed by atoms with Gasteiger partial charge in [-0.25, -0.2) is 0 Å². The van der Waals surface area contributed by atoms with Crippen molar-refractivity contribution >= 4 is 0 Å². The van der Waals surface area contributed by atoms with Gasteiger partial charge in [-0.15, -0.1) is 0 Å². The maximum atomic E-state index is 5.45. The Labute approximate surface area is 121 Å². The molecule has 0 spiro atoms. The van der Waals surface area contributed by atoms with Crippen molar-refractivity contribution in [1.82, 2.24) is 10.3 Å². The summed E-state index contributed by atoms with van der Waals surface area (Å²) in [7, 11) is 1.70. The van der Waals surface area contributed by atoms with Gasteiger partial charge >= 0.3 is 0 Å². The second kappa shape index (κ2) is 7.06. The van der Waals surface area contributed by atoms with Gasteiger partial charge in [-0.3, -0.25) is 4.98 Å². The van der Waals surface area contributed by atoms with E-state index in [0.29, 0.717) is 0 Å². The van der Waals surface area contributed by atoms with E-state index in [1.54, 1.807) is 7.11 Å². The van der Waals surface area contributed by atoms with E-state index in [-0.39, 0.29) is 0 Å². The first-order valence-electron chi connectivity index (χ1n) is 7.04. The van der Waals surface area contributed by atoms with Crippen molar-refractivity contribution < 1.29 is 4.74 Å². The maximum Gasteiger partial charge on any atom is 0.126 e. The Balaban J connectivity index is 2.28. The Bertz CT molecular complexity index is 567. The van der Waals surface area contributed by atoms with Crippen LogP contribution < -0.4 is 10.1 Å². The van der Waals surface area contributed by atoms with Crippen molar-refractivity contribution in [1.29, 1.82) is 0 Å². The molecule has 0 aliphatic carbocycles. The van der Waals surface area contributed by atoms with Gasteiger partial charge in [0, 0.05) is 30.1 Å². The lowest BCUT2D eigenvalue weighted by atomic mass is 10.0. The summed E-state index contributed by atoms with van der Waals surface area (Å²) in [6.07, 6.45) is 4.94. The zero-order valence-electron chi connectivity index (χ0n) is 12.4. The maximum absolute atomic E-state index is 5.45. The van der Waals surface area contributed by atoms with Crippen LogP contribution in [0.4, 0.5) is 0 Å². The molecule has 0 aliphatic rings. The SMILES string of the molecule is CCCNCc1cncc(-c2cc(C)ccc2OC)c1. The first-order chi connectivity index (χ1) is 9.74. The zero-order chi connectivity index (χ0) is 14.4. The van der Waals surface area contributed by atoms with Crippen LogP contribution in [0.5, 0.6) is 5.75 Å². The topological polar surface area (TPSA) is 34.2 Å². The van der Waals surface area contributed by atoms with E-state index in [2.05, 4.69) is 42.3 Å². The van der Waals surface area contributed by atoms with E-state index < -0.39 is 0 Å². The summed E-state index contributed by atoms with van der Waals surface area (Å²) in [5.41, 5.74) is 4.61. The summed E-state index contributed by atoms with van der Waals surface area (Å²) in [5.74, 6) is 0.885. The van der Waals surface area contributed by atoms with Gasteiger partial charge in [0.1, 0.15) is 5.75 Å². The molecule has 0 amide bonds. The van der Waals surface area contributed by atoms with Crippen LogP contribution in [0.3, 0.4) is 0 Å². The van der Waals surface area contributed by atoms with Crippen LogP contribution >= 0.6 is 0 Å². The molecule has 0 saturated heterocycles. The molecule has 0 saturated carbocycles. The molecule has 3 heteroatoms. The molecule has 0 bridgehead atoms. The molecule has 0 radical (unpaired) electrons. The standard InChI is InChI=1S/C17H22N2O/c1-4-7-18-10-14-9-15(12-19-11-14)16-8-13(2)5-6-17(16)20-3/h5-6,8-9,11-12,18H,4,7,10H2,1-3H3. The Morgan fingerprint density at radius 1 is 1.20 bits per heavy atom. The number of hydrogen-bond acceptors (Lipinski definition) is 3. The Kier molecular flexibility index (Phi) is 5.13. The number of methoxy groups -OCH3 is 1. The van der Waals surface area contributed by atoms with Crippen molar-refractivity contribution in [3.63, 3.8) is 0 Å². The number of pyridine rings is 1. The van der Waals surface area contributed by atoms with Gasteiger partial charge in [-0.1, -0.05) is 18.6 Å². The number of ether oxygens (including phenoxy) is 1. The van der Waals surface area contributed by atoms with Gasteiger partial charge in [0.2, 0.25) is 0 Å². The van der Waals surface area contributed by atoms with Crippen LogP contribution in [0.1, 0.15) is 24.5 Å². The molecule has 1 N–H and O–H groups in total. The molecule has 0 atom stereocenters. The van der Waals surface area contributed by atoms with E-state index >= 15 is 0 Å². The molecule has 1 aromatic carbocycles. The monoisotopic (exact) mass is 270 g/mol. The highest BCUT2D eigenvalue weighted by Crippen LogP contribution is 2.30. The summed E-state index contributed by atoms with van der Waals surface area (Å²) in [6, 6.07) is 8.38. The van der Waals surface area contributed by atoms with Crippen LogP contribution in [-0.4, -0.2) is 18.6 Å². The minimum atomic E-state index is 0.850. The van der Waals surface area contributed by atoms with E-state index in [4.69, 9.17) is 4.74 Å². The summed E-state index contributed by atoms with van der Waals surface area (Å²) in [4.78, 5) is 4.35. The van der Waals surface area contributed by atoms with Crippen LogP contribution in [0.15, 0.2) is 36.7 Å². The van der Waals surface area contributed by atoms with Crippen molar-refractivity contribution in [3.05, 3.63) is 47.8 Å². The molecule has 3 nitrogen and oxygen atoms in total. The smallest absolute Gasteiger partial charge is 0.126 e. The third-order valence-corrected chi connectivity index (χ3v) is 3.22. The number of aryl methyl sites for hydroxylation is 1. The van der Waals surface area contributed by atoms with Gasteiger partial charge in [-0.2, -0.15) is 0 Å². The number of benzene rings is 1. The van der Waals surface area contributed by atoms with E-state index in [1.807, 2.05) is 18.5 Å². The molecule has 0 aliphatic heterocycles. The highest BCUT2D eigenvalue weighted by Gasteiger charge is 2.07. The fraction of sp³-hybridized carbons (Fsp3) is 0.353. The fourth-order valence-electron chi connectivity index (χ4n) is 2.19. The highest BCUT2D eigenvalue weighted by atomic mass is 16.5. The first kappa shape index (κ1) is 14.5. The van der Waals surface area contributed by atoms with Crippen molar-refractivity contribution in [2.24, 2.45) is 0 Å². The van der Waals surface area contributed by atoms with Crippen LogP contribution in [0.25, 0.3) is 11.1 Å². The van der Waals surface area contributed by atoms with E-state index in [0.717, 1.165) is 36.4 Å².